The second-order valence-electron chi connectivity index (χ2n) is 6.07. The van der Waals surface area contributed by atoms with Crippen molar-refractivity contribution in [1.82, 2.24) is 5.32 Å². The SMILES string of the molecule is O=C(CCSc1ccccc1)NCc1ccc(N2CCOCC2)c(F)c1. The van der Waals surface area contributed by atoms with E-state index in [1.807, 2.05) is 41.3 Å². The van der Waals surface area contributed by atoms with Crippen molar-refractivity contribution >= 4 is 23.4 Å². The summed E-state index contributed by atoms with van der Waals surface area (Å²) in [5.74, 6) is 0.449. The molecule has 138 valence electrons. The molecule has 2 aromatic rings. The number of carbonyl (C=O) groups is 1. The number of nitrogens with zero attached hydrogens (tertiary/aromatic N) is 1. The fourth-order valence-corrected chi connectivity index (χ4v) is 3.66. The van der Waals surface area contributed by atoms with Crippen molar-refractivity contribution in [2.45, 2.75) is 17.9 Å². The maximum Gasteiger partial charge on any atom is 0.221 e. The van der Waals surface area contributed by atoms with Gasteiger partial charge in [0.2, 0.25) is 5.91 Å². The molecule has 26 heavy (non-hydrogen) atoms. The standard InChI is InChI=1S/C20H23FN2O2S/c21-18-14-16(6-7-19(18)23-9-11-25-12-10-23)15-22-20(24)8-13-26-17-4-2-1-3-5-17/h1-7,14H,8-13,15H2,(H,22,24). The molecule has 6 heteroatoms. The summed E-state index contributed by atoms with van der Waals surface area (Å²) in [5.41, 5.74) is 1.37. The van der Waals surface area contributed by atoms with Crippen LogP contribution in [0.1, 0.15) is 12.0 Å². The Balaban J connectivity index is 1.43. The number of carbonyl (C=O) groups excluding carboxylic acids is 1. The largest absolute Gasteiger partial charge is 0.378 e. The summed E-state index contributed by atoms with van der Waals surface area (Å²) in [5, 5.41) is 2.86. The number of ether oxygens (including phenoxy) is 1. The molecular formula is C20H23FN2O2S. The van der Waals surface area contributed by atoms with E-state index in [0.717, 1.165) is 16.2 Å². The van der Waals surface area contributed by atoms with Crippen molar-refractivity contribution in [1.29, 1.82) is 0 Å². The average molecular weight is 374 g/mol. The van der Waals surface area contributed by atoms with Crippen LogP contribution in [0.4, 0.5) is 10.1 Å². The quantitative estimate of drug-likeness (QED) is 0.754. The second-order valence-corrected chi connectivity index (χ2v) is 7.24. The Bertz CT molecular complexity index is 721. The van der Waals surface area contributed by atoms with Crippen LogP contribution in [-0.4, -0.2) is 38.0 Å². The molecule has 1 N–H and O–H groups in total. The highest BCUT2D eigenvalue weighted by atomic mass is 32.2. The summed E-state index contributed by atoms with van der Waals surface area (Å²) >= 11 is 1.65. The summed E-state index contributed by atoms with van der Waals surface area (Å²) < 4.78 is 19.6. The van der Waals surface area contributed by atoms with Gasteiger partial charge in [-0.1, -0.05) is 24.3 Å². The number of anilines is 1. The molecular weight excluding hydrogens is 351 g/mol. The predicted molar refractivity (Wildman–Crippen MR) is 103 cm³/mol. The van der Waals surface area contributed by atoms with Crippen LogP contribution >= 0.6 is 11.8 Å². The maximum atomic E-state index is 14.4. The molecule has 0 saturated carbocycles. The Morgan fingerprint density at radius 1 is 1.15 bits per heavy atom. The van der Waals surface area contributed by atoms with E-state index in [-0.39, 0.29) is 11.7 Å². The Morgan fingerprint density at radius 3 is 2.65 bits per heavy atom. The Hall–Kier alpha value is -2.05. The molecule has 1 fully saturated rings. The van der Waals surface area contributed by atoms with Crippen molar-refractivity contribution in [3.05, 3.63) is 59.9 Å². The van der Waals surface area contributed by atoms with Crippen LogP contribution in [0.25, 0.3) is 0 Å². The molecule has 1 aliphatic rings. The summed E-state index contributed by atoms with van der Waals surface area (Å²) in [6.07, 6.45) is 0.438. The van der Waals surface area contributed by atoms with Gasteiger partial charge >= 0.3 is 0 Å². The van der Waals surface area contributed by atoms with Crippen molar-refractivity contribution in [2.24, 2.45) is 0 Å². The smallest absolute Gasteiger partial charge is 0.221 e. The third-order valence-corrected chi connectivity index (χ3v) is 5.21. The molecule has 1 aliphatic heterocycles. The topological polar surface area (TPSA) is 41.6 Å². The zero-order valence-electron chi connectivity index (χ0n) is 14.6. The number of rotatable bonds is 7. The Labute approximate surface area is 157 Å². The Kier molecular flexibility index (Phi) is 6.91. The number of hydrogen-bond donors (Lipinski definition) is 1. The molecule has 0 aliphatic carbocycles. The molecule has 4 nitrogen and oxygen atoms in total. The van der Waals surface area contributed by atoms with Gasteiger partial charge in [0.15, 0.2) is 0 Å². The van der Waals surface area contributed by atoms with Crippen LogP contribution in [0.2, 0.25) is 0 Å². The summed E-state index contributed by atoms with van der Waals surface area (Å²) in [6, 6.07) is 15.2. The first-order chi connectivity index (χ1) is 12.7. The lowest BCUT2D eigenvalue weighted by molar-refractivity contribution is -0.120. The third kappa shape index (κ3) is 5.47. The highest BCUT2D eigenvalue weighted by Crippen LogP contribution is 2.22. The van der Waals surface area contributed by atoms with Gasteiger partial charge in [0.05, 0.1) is 18.9 Å². The van der Waals surface area contributed by atoms with E-state index in [0.29, 0.717) is 45.0 Å². The van der Waals surface area contributed by atoms with E-state index in [9.17, 15) is 9.18 Å². The Morgan fingerprint density at radius 2 is 1.92 bits per heavy atom. The monoisotopic (exact) mass is 374 g/mol. The maximum absolute atomic E-state index is 14.4. The molecule has 3 rings (SSSR count). The van der Waals surface area contributed by atoms with Gasteiger partial charge in [0.1, 0.15) is 5.82 Å². The fraction of sp³-hybridized carbons (Fsp3) is 0.350. The highest BCUT2D eigenvalue weighted by Gasteiger charge is 2.15. The normalized spacial score (nSPS) is 14.3. The van der Waals surface area contributed by atoms with Crippen LogP contribution in [0.3, 0.4) is 0 Å². The molecule has 0 unspecified atom stereocenters. The number of thioether (sulfide) groups is 1. The minimum Gasteiger partial charge on any atom is -0.378 e. The summed E-state index contributed by atoms with van der Waals surface area (Å²) in [7, 11) is 0. The number of hydrogen-bond acceptors (Lipinski definition) is 4. The van der Waals surface area contributed by atoms with Gasteiger partial charge < -0.3 is 15.0 Å². The molecule has 1 amide bonds. The third-order valence-electron chi connectivity index (χ3n) is 4.19. The minimum atomic E-state index is -0.252. The van der Waals surface area contributed by atoms with Gasteiger partial charge in [-0.15, -0.1) is 11.8 Å². The molecule has 0 bridgehead atoms. The van der Waals surface area contributed by atoms with Gasteiger partial charge in [-0.2, -0.15) is 0 Å². The fourth-order valence-electron chi connectivity index (χ4n) is 2.79. The summed E-state index contributed by atoms with van der Waals surface area (Å²) in [4.78, 5) is 15.1. The van der Waals surface area contributed by atoms with Crippen LogP contribution in [0.5, 0.6) is 0 Å². The summed E-state index contributed by atoms with van der Waals surface area (Å²) in [6.45, 7) is 2.99. The first kappa shape index (κ1) is 18.7. The van der Waals surface area contributed by atoms with E-state index in [1.54, 1.807) is 17.8 Å². The highest BCUT2D eigenvalue weighted by molar-refractivity contribution is 7.99. The van der Waals surface area contributed by atoms with Crippen LogP contribution in [0.15, 0.2) is 53.4 Å². The van der Waals surface area contributed by atoms with E-state index in [4.69, 9.17) is 4.74 Å². The van der Waals surface area contributed by atoms with E-state index in [2.05, 4.69) is 5.32 Å². The second kappa shape index (κ2) is 9.59. The van der Waals surface area contributed by atoms with Crippen LogP contribution < -0.4 is 10.2 Å². The van der Waals surface area contributed by atoms with Gasteiger partial charge in [-0.3, -0.25) is 4.79 Å². The number of halogens is 1. The molecule has 0 atom stereocenters. The zero-order chi connectivity index (χ0) is 18.2. The van der Waals surface area contributed by atoms with Crippen molar-refractivity contribution in [3.8, 4) is 0 Å². The molecule has 0 aromatic heterocycles. The molecule has 1 saturated heterocycles. The molecule has 1 heterocycles. The van der Waals surface area contributed by atoms with Gasteiger partial charge in [0.25, 0.3) is 0 Å². The van der Waals surface area contributed by atoms with Crippen LogP contribution in [-0.2, 0) is 16.1 Å². The molecule has 0 radical (unpaired) electrons. The number of morpholine rings is 1. The number of benzene rings is 2. The molecule has 2 aromatic carbocycles. The predicted octanol–water partition coefficient (Wildman–Crippen LogP) is 3.46. The lowest BCUT2D eigenvalue weighted by Crippen LogP contribution is -2.36. The van der Waals surface area contributed by atoms with Gasteiger partial charge in [0, 0.05) is 36.7 Å². The number of nitrogens with one attached hydrogen (secondary N) is 1. The average Bonchev–Trinajstić information content (AvgIpc) is 2.68. The van der Waals surface area contributed by atoms with Crippen molar-refractivity contribution < 1.29 is 13.9 Å². The lowest BCUT2D eigenvalue weighted by atomic mass is 10.1. The lowest BCUT2D eigenvalue weighted by Gasteiger charge is -2.29. The number of amides is 1. The minimum absolute atomic E-state index is 0.0221. The van der Waals surface area contributed by atoms with Crippen molar-refractivity contribution in [3.63, 3.8) is 0 Å². The first-order valence-electron chi connectivity index (χ1n) is 8.78. The molecule has 0 spiro atoms. The van der Waals surface area contributed by atoms with E-state index in [1.165, 1.54) is 6.07 Å². The first-order valence-corrected chi connectivity index (χ1v) is 9.76. The van der Waals surface area contributed by atoms with Crippen LogP contribution in [0, 0.1) is 5.82 Å². The van der Waals surface area contributed by atoms with E-state index < -0.39 is 0 Å². The zero-order valence-corrected chi connectivity index (χ0v) is 15.4. The van der Waals surface area contributed by atoms with Gasteiger partial charge in [-0.05, 0) is 29.8 Å². The van der Waals surface area contributed by atoms with E-state index >= 15 is 0 Å². The van der Waals surface area contributed by atoms with Crippen molar-refractivity contribution in [2.75, 3.05) is 37.0 Å². The van der Waals surface area contributed by atoms with Gasteiger partial charge in [-0.25, -0.2) is 4.39 Å².